The lowest BCUT2D eigenvalue weighted by Gasteiger charge is -2.39. The summed E-state index contributed by atoms with van der Waals surface area (Å²) in [6, 6.07) is 21.3. The molecule has 2 aliphatic heterocycles. The van der Waals surface area contributed by atoms with Crippen LogP contribution in [0.1, 0.15) is 61.9 Å². The molecule has 2 heterocycles. The quantitative estimate of drug-likeness (QED) is 0.0666. The minimum Gasteiger partial charge on any atom is -0.456 e. The van der Waals surface area contributed by atoms with E-state index in [0.717, 1.165) is 68.5 Å². The van der Waals surface area contributed by atoms with Gasteiger partial charge in [-0.05, 0) is 103 Å². The second-order valence-corrected chi connectivity index (χ2v) is 19.1. The van der Waals surface area contributed by atoms with Crippen LogP contribution in [0.3, 0.4) is 0 Å². The number of benzene rings is 4. The lowest BCUT2D eigenvalue weighted by atomic mass is 9.72. The van der Waals surface area contributed by atoms with Crippen LogP contribution in [-0.2, 0) is 14.8 Å². The van der Waals surface area contributed by atoms with E-state index in [2.05, 4.69) is 45.8 Å². The summed E-state index contributed by atoms with van der Waals surface area (Å²) in [4.78, 5) is 29.5. The van der Waals surface area contributed by atoms with Crippen LogP contribution in [0.25, 0.3) is 5.57 Å². The fourth-order valence-electron chi connectivity index (χ4n) is 8.07. The molecule has 0 atom stereocenters. The second kappa shape index (κ2) is 18.4. The zero-order valence-corrected chi connectivity index (χ0v) is 36.0. The molecule has 318 valence electrons. The maximum Gasteiger partial charge on any atom is 0.293 e. The first-order valence-electron chi connectivity index (χ1n) is 20.1. The van der Waals surface area contributed by atoms with Gasteiger partial charge in [-0.25, -0.2) is 13.1 Å². The summed E-state index contributed by atoms with van der Waals surface area (Å²) in [7, 11) is -4.57. The van der Waals surface area contributed by atoms with Crippen LogP contribution < -0.4 is 25.4 Å². The average Bonchev–Trinajstić information content (AvgIpc) is 3.21. The van der Waals surface area contributed by atoms with E-state index >= 15 is 0 Å². The largest absolute Gasteiger partial charge is 0.456 e. The number of nitrogens with two attached hydrogens (primary N) is 1. The minimum absolute atomic E-state index is 0.0746. The number of carbonyl (C=O) groups is 1. The van der Waals surface area contributed by atoms with Crippen LogP contribution in [0, 0.1) is 21.4 Å². The Bertz CT molecular complexity index is 2360. The number of sulfonamides is 1. The van der Waals surface area contributed by atoms with Crippen molar-refractivity contribution in [2.75, 3.05) is 68.4 Å². The number of nitro benzene ring substituents is 1. The summed E-state index contributed by atoms with van der Waals surface area (Å²) in [6.45, 7) is 10.3. The van der Waals surface area contributed by atoms with Gasteiger partial charge in [0.2, 0.25) is 0 Å². The van der Waals surface area contributed by atoms with Gasteiger partial charge in [-0.15, -0.1) is 0 Å². The summed E-state index contributed by atoms with van der Waals surface area (Å²) in [5.74, 6) is -0.394. The molecular formula is C44H50Cl2N6O7S. The Hall–Kier alpha value is -4.86. The van der Waals surface area contributed by atoms with Gasteiger partial charge >= 0.3 is 0 Å². The number of halogens is 2. The highest BCUT2D eigenvalue weighted by atomic mass is 35.5. The highest BCUT2D eigenvalue weighted by Crippen LogP contribution is 2.43. The number of nitrogen functional groups attached to an aromatic ring is 1. The van der Waals surface area contributed by atoms with Gasteiger partial charge in [0.15, 0.2) is 0 Å². The maximum atomic E-state index is 13.8. The predicted octanol–water partition coefficient (Wildman–Crippen LogP) is 9.02. The van der Waals surface area contributed by atoms with E-state index in [4.69, 9.17) is 38.4 Å². The number of nitrogens with one attached hydrogen (secondary N) is 2. The summed E-state index contributed by atoms with van der Waals surface area (Å²) < 4.78 is 40.9. The molecule has 3 aliphatic rings. The van der Waals surface area contributed by atoms with Gasteiger partial charge in [-0.3, -0.25) is 19.8 Å². The van der Waals surface area contributed by atoms with Crippen LogP contribution in [0.4, 0.5) is 22.7 Å². The predicted molar refractivity (Wildman–Crippen MR) is 237 cm³/mol. The molecule has 1 amide bonds. The molecule has 4 aromatic carbocycles. The van der Waals surface area contributed by atoms with Crippen LogP contribution in [-0.4, -0.2) is 76.6 Å². The number of rotatable bonds is 13. The number of allylic oxidation sites excluding steroid dienone is 1. The smallest absolute Gasteiger partial charge is 0.293 e. The van der Waals surface area contributed by atoms with Crippen molar-refractivity contribution in [3.8, 4) is 11.5 Å². The molecule has 2 fully saturated rings. The van der Waals surface area contributed by atoms with Crippen LogP contribution in [0.15, 0.2) is 89.3 Å². The topological polar surface area (TPSA) is 169 Å². The number of piperazine rings is 1. The number of nitro groups is 1. The minimum atomic E-state index is -4.57. The average molecular weight is 878 g/mol. The third-order valence-corrected chi connectivity index (χ3v) is 13.3. The van der Waals surface area contributed by atoms with E-state index in [0.29, 0.717) is 43.6 Å². The van der Waals surface area contributed by atoms with Gasteiger partial charge in [0.25, 0.3) is 21.6 Å². The number of ether oxygens (including phenoxy) is 2. The number of amides is 1. The Morgan fingerprint density at radius 3 is 2.40 bits per heavy atom. The molecule has 60 heavy (non-hydrogen) atoms. The molecule has 13 nitrogen and oxygen atoms in total. The zero-order chi connectivity index (χ0) is 42.6. The van der Waals surface area contributed by atoms with E-state index in [-0.39, 0.29) is 34.1 Å². The van der Waals surface area contributed by atoms with Crippen molar-refractivity contribution in [2.45, 2.75) is 50.8 Å². The molecule has 4 aromatic rings. The van der Waals surface area contributed by atoms with Crippen molar-refractivity contribution in [2.24, 2.45) is 11.3 Å². The molecule has 4 N–H and O–H groups in total. The van der Waals surface area contributed by atoms with E-state index in [1.807, 2.05) is 12.1 Å². The third kappa shape index (κ3) is 10.7. The number of hydrogen-bond acceptors (Lipinski definition) is 11. The Morgan fingerprint density at radius 2 is 1.70 bits per heavy atom. The fourth-order valence-corrected chi connectivity index (χ4v) is 9.41. The van der Waals surface area contributed by atoms with Gasteiger partial charge in [0.05, 0.1) is 15.4 Å². The molecule has 7 rings (SSSR count). The first-order valence-corrected chi connectivity index (χ1v) is 22.4. The standard InChI is InChI=1S/C44H50Cl2N6O7S/c1-44(2)14-11-31(39(26-44)30-3-5-32(45)6-4-30)28-50-15-17-51(18-16-50)35-7-9-38(42(24-35)59-36-22-33(46)21-34(47)23-36)43(53)49-60(56,57)37-8-10-40(41(25-37)52(54)55)48-27-29-12-19-58-20-13-29/h3-10,21-25,29,48H,11-20,26-28,47H2,1-2H3,(H,49,53). The van der Waals surface area contributed by atoms with Crippen molar-refractivity contribution in [1.82, 2.24) is 9.62 Å². The Morgan fingerprint density at radius 1 is 0.967 bits per heavy atom. The van der Waals surface area contributed by atoms with Crippen molar-refractivity contribution in [3.05, 3.63) is 116 Å². The van der Waals surface area contributed by atoms with Crippen LogP contribution in [0.5, 0.6) is 11.5 Å². The lowest BCUT2D eigenvalue weighted by molar-refractivity contribution is -0.384. The van der Waals surface area contributed by atoms with Crippen molar-refractivity contribution in [3.63, 3.8) is 0 Å². The van der Waals surface area contributed by atoms with Crippen molar-refractivity contribution < 1.29 is 27.6 Å². The van der Waals surface area contributed by atoms with Gasteiger partial charge in [0, 0.05) is 92.1 Å². The normalized spacial score (nSPS) is 17.6. The first-order chi connectivity index (χ1) is 28.6. The Kier molecular flexibility index (Phi) is 13.3. The molecule has 0 spiro atoms. The van der Waals surface area contributed by atoms with Gasteiger partial charge in [-0.2, -0.15) is 0 Å². The summed E-state index contributed by atoms with van der Waals surface area (Å²) >= 11 is 12.5. The van der Waals surface area contributed by atoms with Crippen LogP contribution >= 0.6 is 23.2 Å². The van der Waals surface area contributed by atoms with Gasteiger partial charge in [-0.1, -0.05) is 54.8 Å². The zero-order valence-electron chi connectivity index (χ0n) is 33.7. The number of hydrogen-bond donors (Lipinski definition) is 3. The van der Waals surface area contributed by atoms with Gasteiger partial charge in [0.1, 0.15) is 17.2 Å². The van der Waals surface area contributed by atoms with Crippen LogP contribution in [0.2, 0.25) is 10.0 Å². The Balaban J connectivity index is 1.09. The SMILES string of the molecule is CC1(C)CCC(CN2CCN(c3ccc(C(=O)NS(=O)(=O)c4ccc(NCC5CCOCC5)c([N+](=O)[O-])c4)c(Oc4cc(N)cc(Cl)c4)c3)CC2)=C(c2ccc(Cl)cc2)C1. The lowest BCUT2D eigenvalue weighted by Crippen LogP contribution is -2.47. The maximum absolute atomic E-state index is 13.8. The van der Waals surface area contributed by atoms with Crippen molar-refractivity contribution >= 4 is 67.5 Å². The monoisotopic (exact) mass is 876 g/mol. The molecule has 2 saturated heterocycles. The van der Waals surface area contributed by atoms with Gasteiger partial charge < -0.3 is 25.4 Å². The van der Waals surface area contributed by atoms with E-state index in [1.54, 1.807) is 24.3 Å². The molecule has 16 heteroatoms. The highest BCUT2D eigenvalue weighted by Gasteiger charge is 2.30. The summed E-state index contributed by atoms with van der Waals surface area (Å²) in [5, 5.41) is 16.2. The molecule has 1 aliphatic carbocycles. The van der Waals surface area contributed by atoms with E-state index in [9.17, 15) is 23.3 Å². The molecule has 0 bridgehead atoms. The molecular weight excluding hydrogens is 827 g/mol. The highest BCUT2D eigenvalue weighted by molar-refractivity contribution is 7.90. The molecule has 0 aromatic heterocycles. The number of anilines is 3. The Labute approximate surface area is 361 Å². The number of nitrogens with zero attached hydrogens (tertiary/aromatic N) is 3. The second-order valence-electron chi connectivity index (χ2n) is 16.5. The molecule has 0 saturated carbocycles. The third-order valence-electron chi connectivity index (χ3n) is 11.5. The summed E-state index contributed by atoms with van der Waals surface area (Å²) in [5.41, 5.74) is 11.1. The summed E-state index contributed by atoms with van der Waals surface area (Å²) in [6.07, 6.45) is 4.81. The first kappa shape index (κ1) is 43.2. The van der Waals surface area contributed by atoms with Crippen molar-refractivity contribution in [1.29, 1.82) is 0 Å². The molecule has 0 unspecified atom stereocenters. The fraction of sp³-hybridized carbons (Fsp3) is 0.386. The number of carbonyl (C=O) groups excluding carboxylic acids is 1. The van der Waals surface area contributed by atoms with E-state index < -0.39 is 31.4 Å². The molecule has 0 radical (unpaired) electrons. The van der Waals surface area contributed by atoms with E-state index in [1.165, 1.54) is 41.0 Å².